The number of nitriles is 1. The van der Waals surface area contributed by atoms with Gasteiger partial charge in [-0.1, -0.05) is 12.1 Å². The van der Waals surface area contributed by atoms with Gasteiger partial charge >= 0.3 is 0 Å². The van der Waals surface area contributed by atoms with Crippen LogP contribution >= 0.6 is 0 Å². The molecule has 0 spiro atoms. The van der Waals surface area contributed by atoms with Crippen LogP contribution in [0, 0.1) is 11.3 Å². The molecule has 23 heavy (non-hydrogen) atoms. The molecule has 0 saturated heterocycles. The van der Waals surface area contributed by atoms with Crippen LogP contribution in [0.4, 0.5) is 0 Å². The summed E-state index contributed by atoms with van der Waals surface area (Å²) in [5.41, 5.74) is 0.932. The summed E-state index contributed by atoms with van der Waals surface area (Å²) < 4.78 is 21.5. The lowest BCUT2D eigenvalue weighted by atomic mass is 9.97. The highest BCUT2D eigenvalue weighted by Gasteiger charge is 2.15. The summed E-state index contributed by atoms with van der Waals surface area (Å²) in [6.45, 7) is 0.681. The summed E-state index contributed by atoms with van der Waals surface area (Å²) in [4.78, 5) is 0. The molecule has 1 unspecified atom stereocenters. The van der Waals surface area contributed by atoms with Crippen LogP contribution in [0.15, 0.2) is 42.5 Å². The molecule has 2 aromatic carbocycles. The van der Waals surface area contributed by atoms with Gasteiger partial charge in [-0.15, -0.1) is 0 Å². The van der Waals surface area contributed by atoms with Gasteiger partial charge in [-0.25, -0.2) is 0 Å². The Balaban J connectivity index is 1.59. The normalized spacial score (nSPS) is 13.2. The lowest BCUT2D eigenvalue weighted by Crippen LogP contribution is -2.04. The first-order chi connectivity index (χ1) is 11.3. The Morgan fingerprint density at radius 2 is 2.00 bits per heavy atom. The molecule has 0 saturated carbocycles. The molecule has 0 radical (unpaired) electrons. The monoisotopic (exact) mass is 311 g/mol. The fraction of sp³-hybridized carbons (Fsp3) is 0.278. The van der Waals surface area contributed by atoms with E-state index in [1.807, 2.05) is 36.4 Å². The minimum absolute atomic E-state index is 0.237. The summed E-state index contributed by atoms with van der Waals surface area (Å²) >= 11 is 0. The second kappa shape index (κ2) is 6.93. The number of benzene rings is 2. The second-order valence-electron chi connectivity index (χ2n) is 5.11. The average molecular weight is 311 g/mol. The first-order valence-electron chi connectivity index (χ1n) is 7.36. The fourth-order valence-electron chi connectivity index (χ4n) is 2.43. The number of methoxy groups -OCH3 is 1. The van der Waals surface area contributed by atoms with Gasteiger partial charge < -0.3 is 18.9 Å². The highest BCUT2D eigenvalue weighted by Crippen LogP contribution is 2.35. The number of fused-ring (bicyclic) bond motifs is 1. The summed E-state index contributed by atoms with van der Waals surface area (Å²) in [5.74, 6) is 2.63. The first-order valence-corrected chi connectivity index (χ1v) is 7.36. The molecule has 0 N–H and O–H groups in total. The van der Waals surface area contributed by atoms with E-state index in [1.165, 1.54) is 0 Å². The quantitative estimate of drug-likeness (QED) is 0.817. The summed E-state index contributed by atoms with van der Waals surface area (Å²) in [6, 6.07) is 15.3. The van der Waals surface area contributed by atoms with Crippen molar-refractivity contribution in [2.45, 2.75) is 12.3 Å². The predicted molar refractivity (Wildman–Crippen MR) is 84.0 cm³/mol. The molecule has 1 heterocycles. The Labute approximate surface area is 135 Å². The van der Waals surface area contributed by atoms with E-state index in [-0.39, 0.29) is 12.7 Å². The van der Waals surface area contributed by atoms with Crippen LogP contribution < -0.4 is 18.9 Å². The number of hydrogen-bond acceptors (Lipinski definition) is 5. The summed E-state index contributed by atoms with van der Waals surface area (Å²) in [5, 5.41) is 9.38. The summed E-state index contributed by atoms with van der Waals surface area (Å²) in [6.07, 6.45) is 0.595. The van der Waals surface area contributed by atoms with Crippen LogP contribution in [0.2, 0.25) is 0 Å². The molecule has 0 aromatic heterocycles. The van der Waals surface area contributed by atoms with Crippen LogP contribution in [0.1, 0.15) is 17.9 Å². The van der Waals surface area contributed by atoms with Crippen molar-refractivity contribution in [1.82, 2.24) is 0 Å². The first kappa shape index (κ1) is 15.0. The van der Waals surface area contributed by atoms with E-state index in [0.717, 1.165) is 17.1 Å². The molecule has 1 aliphatic rings. The van der Waals surface area contributed by atoms with Crippen molar-refractivity contribution in [3.8, 4) is 29.1 Å². The minimum Gasteiger partial charge on any atom is -0.497 e. The van der Waals surface area contributed by atoms with E-state index < -0.39 is 0 Å². The largest absolute Gasteiger partial charge is 0.497 e. The van der Waals surface area contributed by atoms with E-state index in [4.69, 9.17) is 18.9 Å². The fourth-order valence-corrected chi connectivity index (χ4v) is 2.43. The summed E-state index contributed by atoms with van der Waals surface area (Å²) in [7, 11) is 1.61. The number of rotatable bonds is 6. The van der Waals surface area contributed by atoms with Crippen LogP contribution in [0.5, 0.6) is 23.0 Å². The highest BCUT2D eigenvalue weighted by atomic mass is 16.7. The van der Waals surface area contributed by atoms with E-state index in [2.05, 4.69) is 6.07 Å². The van der Waals surface area contributed by atoms with Crippen LogP contribution in [0.25, 0.3) is 0 Å². The van der Waals surface area contributed by atoms with E-state index in [0.29, 0.717) is 24.5 Å². The van der Waals surface area contributed by atoms with Gasteiger partial charge in [0.2, 0.25) is 6.79 Å². The third-order valence-electron chi connectivity index (χ3n) is 3.67. The standard InChI is InChI=1S/C18H17NO4/c1-20-15-4-2-3-13(9-15)14(11-19)7-8-21-16-5-6-17-18(10-16)23-12-22-17/h2-6,9-10,14H,7-8,12H2,1H3. The average Bonchev–Trinajstić information content (AvgIpc) is 3.06. The smallest absolute Gasteiger partial charge is 0.231 e. The Hall–Kier alpha value is -2.87. The number of nitrogens with zero attached hydrogens (tertiary/aromatic N) is 1. The maximum atomic E-state index is 9.38. The topological polar surface area (TPSA) is 60.7 Å². The predicted octanol–water partition coefficient (Wildman–Crippen LogP) is 3.50. The molecule has 0 amide bonds. The van der Waals surface area contributed by atoms with Crippen molar-refractivity contribution in [3.63, 3.8) is 0 Å². The van der Waals surface area contributed by atoms with Crippen molar-refractivity contribution >= 4 is 0 Å². The molecule has 3 rings (SSSR count). The third kappa shape index (κ3) is 3.49. The van der Waals surface area contributed by atoms with Crippen molar-refractivity contribution in [3.05, 3.63) is 48.0 Å². The lowest BCUT2D eigenvalue weighted by molar-refractivity contribution is 0.173. The highest BCUT2D eigenvalue weighted by molar-refractivity contribution is 5.46. The van der Waals surface area contributed by atoms with Crippen molar-refractivity contribution in [2.24, 2.45) is 0 Å². The molecule has 0 bridgehead atoms. The molecule has 0 aliphatic carbocycles. The van der Waals surface area contributed by atoms with Gasteiger partial charge in [-0.05, 0) is 29.8 Å². The van der Waals surface area contributed by atoms with Crippen LogP contribution in [-0.4, -0.2) is 20.5 Å². The lowest BCUT2D eigenvalue weighted by Gasteiger charge is -2.12. The number of ether oxygens (including phenoxy) is 4. The molecule has 1 atom stereocenters. The van der Waals surface area contributed by atoms with Gasteiger partial charge in [0.25, 0.3) is 0 Å². The molecule has 0 fully saturated rings. The molecular formula is C18H17NO4. The Bertz CT molecular complexity index is 723. The number of hydrogen-bond donors (Lipinski definition) is 0. The van der Waals surface area contributed by atoms with Gasteiger partial charge in [0.1, 0.15) is 11.5 Å². The van der Waals surface area contributed by atoms with Crippen molar-refractivity contribution < 1.29 is 18.9 Å². The zero-order valence-electron chi connectivity index (χ0n) is 12.8. The minimum atomic E-state index is -0.237. The molecule has 5 nitrogen and oxygen atoms in total. The molecule has 2 aromatic rings. The third-order valence-corrected chi connectivity index (χ3v) is 3.67. The van der Waals surface area contributed by atoms with Crippen LogP contribution in [-0.2, 0) is 0 Å². The van der Waals surface area contributed by atoms with E-state index in [1.54, 1.807) is 13.2 Å². The second-order valence-corrected chi connectivity index (χ2v) is 5.11. The van der Waals surface area contributed by atoms with Crippen LogP contribution in [0.3, 0.4) is 0 Å². The molecular weight excluding hydrogens is 294 g/mol. The van der Waals surface area contributed by atoms with Crippen molar-refractivity contribution in [2.75, 3.05) is 20.5 Å². The van der Waals surface area contributed by atoms with E-state index >= 15 is 0 Å². The molecule has 5 heteroatoms. The maximum Gasteiger partial charge on any atom is 0.231 e. The Kier molecular flexibility index (Phi) is 4.53. The van der Waals surface area contributed by atoms with Gasteiger partial charge in [0.05, 0.1) is 25.7 Å². The Morgan fingerprint density at radius 3 is 2.83 bits per heavy atom. The Morgan fingerprint density at radius 1 is 1.13 bits per heavy atom. The molecule has 118 valence electrons. The molecule has 1 aliphatic heterocycles. The van der Waals surface area contributed by atoms with E-state index in [9.17, 15) is 5.26 Å². The zero-order chi connectivity index (χ0) is 16.1. The van der Waals surface area contributed by atoms with Gasteiger partial charge in [-0.3, -0.25) is 0 Å². The van der Waals surface area contributed by atoms with Gasteiger partial charge in [0.15, 0.2) is 11.5 Å². The maximum absolute atomic E-state index is 9.38. The van der Waals surface area contributed by atoms with Gasteiger partial charge in [0, 0.05) is 12.5 Å². The van der Waals surface area contributed by atoms with Gasteiger partial charge in [-0.2, -0.15) is 5.26 Å². The SMILES string of the molecule is COc1cccc(C(C#N)CCOc2ccc3c(c2)OCO3)c1. The zero-order valence-corrected chi connectivity index (χ0v) is 12.8. The van der Waals surface area contributed by atoms with Crippen molar-refractivity contribution in [1.29, 1.82) is 5.26 Å².